The Morgan fingerprint density at radius 2 is 1.70 bits per heavy atom. The van der Waals surface area contributed by atoms with Gasteiger partial charge in [-0.2, -0.15) is 0 Å². The topological polar surface area (TPSA) is 72.7 Å². The van der Waals surface area contributed by atoms with Crippen molar-refractivity contribution in [3.05, 3.63) is 90.6 Å². The Morgan fingerprint density at radius 3 is 2.41 bits per heavy atom. The molecule has 0 atom stereocenters. The summed E-state index contributed by atoms with van der Waals surface area (Å²) in [5, 5.41) is 11.1. The van der Waals surface area contributed by atoms with Crippen LogP contribution < -0.4 is 5.32 Å². The van der Waals surface area contributed by atoms with Crippen molar-refractivity contribution in [3.8, 4) is 16.9 Å². The van der Waals surface area contributed by atoms with Gasteiger partial charge in [0.05, 0.1) is 0 Å². The number of carbonyl (C=O) groups excluding carboxylic acids is 1. The van der Waals surface area contributed by atoms with Gasteiger partial charge in [-0.15, -0.1) is 10.2 Å². The summed E-state index contributed by atoms with van der Waals surface area (Å²) < 4.78 is 1.80. The number of aryl methyl sites for hydroxylation is 1. The van der Waals surface area contributed by atoms with E-state index < -0.39 is 0 Å². The zero-order valence-corrected chi connectivity index (χ0v) is 14.7. The molecule has 0 aliphatic rings. The molecule has 4 aromatic rings. The van der Waals surface area contributed by atoms with E-state index in [1.54, 1.807) is 29.1 Å². The predicted molar refractivity (Wildman–Crippen MR) is 104 cm³/mol. The fourth-order valence-corrected chi connectivity index (χ4v) is 2.84. The van der Waals surface area contributed by atoms with Crippen LogP contribution in [0.5, 0.6) is 0 Å². The second-order valence-electron chi connectivity index (χ2n) is 5.99. The standard InChI is InChI=1S/C21H17N5O/c1-15-22-13-14-26(15)20-12-11-19(24-25-20)21(27)23-18-10-6-5-9-17(18)16-7-3-2-4-8-16/h2-14H,1H3,(H,23,27). The third-order valence-corrected chi connectivity index (χ3v) is 4.22. The maximum Gasteiger partial charge on any atom is 0.276 e. The number of imidazole rings is 1. The molecule has 0 aliphatic heterocycles. The highest BCUT2D eigenvalue weighted by Gasteiger charge is 2.12. The average molecular weight is 355 g/mol. The van der Waals surface area contributed by atoms with Gasteiger partial charge >= 0.3 is 0 Å². The minimum Gasteiger partial charge on any atom is -0.320 e. The number of para-hydroxylation sites is 1. The molecule has 0 aliphatic carbocycles. The molecule has 6 nitrogen and oxygen atoms in total. The number of nitrogens with one attached hydrogen (secondary N) is 1. The molecule has 0 unspecified atom stereocenters. The first kappa shape index (κ1) is 16.7. The molecule has 2 aromatic heterocycles. The monoisotopic (exact) mass is 355 g/mol. The van der Waals surface area contributed by atoms with Crippen LogP contribution in [-0.2, 0) is 0 Å². The zero-order valence-electron chi connectivity index (χ0n) is 14.7. The maximum atomic E-state index is 12.6. The van der Waals surface area contributed by atoms with E-state index in [9.17, 15) is 4.79 Å². The number of hydrogen-bond donors (Lipinski definition) is 1. The lowest BCUT2D eigenvalue weighted by molar-refractivity contribution is 0.102. The molecule has 2 heterocycles. The molecule has 2 aromatic carbocycles. The van der Waals surface area contributed by atoms with Crippen LogP contribution in [0.2, 0.25) is 0 Å². The third kappa shape index (κ3) is 3.46. The van der Waals surface area contributed by atoms with Crippen LogP contribution in [0, 0.1) is 6.92 Å². The average Bonchev–Trinajstić information content (AvgIpc) is 3.15. The summed E-state index contributed by atoms with van der Waals surface area (Å²) >= 11 is 0. The van der Waals surface area contributed by atoms with Gasteiger partial charge in [0.1, 0.15) is 5.82 Å². The van der Waals surface area contributed by atoms with Crippen LogP contribution in [0.4, 0.5) is 5.69 Å². The first-order valence-corrected chi connectivity index (χ1v) is 8.52. The van der Waals surface area contributed by atoms with E-state index >= 15 is 0 Å². The van der Waals surface area contributed by atoms with Crippen molar-refractivity contribution >= 4 is 11.6 Å². The number of anilines is 1. The van der Waals surface area contributed by atoms with Crippen molar-refractivity contribution in [2.24, 2.45) is 0 Å². The van der Waals surface area contributed by atoms with Gasteiger partial charge < -0.3 is 5.32 Å². The van der Waals surface area contributed by atoms with E-state index in [1.807, 2.05) is 61.5 Å². The Balaban J connectivity index is 1.58. The van der Waals surface area contributed by atoms with Crippen LogP contribution in [-0.4, -0.2) is 25.7 Å². The molecular formula is C21H17N5O. The van der Waals surface area contributed by atoms with E-state index in [2.05, 4.69) is 20.5 Å². The van der Waals surface area contributed by atoms with E-state index in [-0.39, 0.29) is 11.6 Å². The van der Waals surface area contributed by atoms with E-state index in [0.29, 0.717) is 5.82 Å². The minimum atomic E-state index is -0.306. The van der Waals surface area contributed by atoms with Gasteiger partial charge in [-0.25, -0.2) is 4.98 Å². The van der Waals surface area contributed by atoms with Gasteiger partial charge in [-0.3, -0.25) is 9.36 Å². The van der Waals surface area contributed by atoms with Crippen molar-refractivity contribution in [1.82, 2.24) is 19.7 Å². The molecule has 0 bridgehead atoms. The Bertz CT molecular complexity index is 1070. The van der Waals surface area contributed by atoms with Gasteiger partial charge in [-0.05, 0) is 30.7 Å². The molecule has 132 valence electrons. The summed E-state index contributed by atoms with van der Waals surface area (Å²) in [6.07, 6.45) is 3.49. The lowest BCUT2D eigenvalue weighted by Gasteiger charge is -2.11. The zero-order chi connectivity index (χ0) is 18.6. The van der Waals surface area contributed by atoms with Crippen molar-refractivity contribution in [3.63, 3.8) is 0 Å². The predicted octanol–water partition coefficient (Wildman–Crippen LogP) is 3.89. The molecule has 0 radical (unpaired) electrons. The molecule has 0 fully saturated rings. The number of amides is 1. The first-order chi connectivity index (χ1) is 13.2. The fourth-order valence-electron chi connectivity index (χ4n) is 2.84. The highest BCUT2D eigenvalue weighted by molar-refractivity contribution is 6.05. The Kier molecular flexibility index (Phi) is 4.45. The largest absolute Gasteiger partial charge is 0.320 e. The van der Waals surface area contributed by atoms with Gasteiger partial charge in [0.15, 0.2) is 11.5 Å². The van der Waals surface area contributed by atoms with E-state index in [0.717, 1.165) is 22.6 Å². The van der Waals surface area contributed by atoms with Gasteiger partial charge in [0.25, 0.3) is 5.91 Å². The molecule has 1 amide bonds. The summed E-state index contributed by atoms with van der Waals surface area (Å²) in [5.74, 6) is 1.12. The minimum absolute atomic E-state index is 0.249. The maximum absolute atomic E-state index is 12.6. The SMILES string of the molecule is Cc1nccn1-c1ccc(C(=O)Nc2ccccc2-c2ccccc2)nn1. The molecule has 0 saturated carbocycles. The van der Waals surface area contributed by atoms with Crippen LogP contribution in [0.1, 0.15) is 16.3 Å². The van der Waals surface area contributed by atoms with E-state index in [1.165, 1.54) is 0 Å². The summed E-state index contributed by atoms with van der Waals surface area (Å²) in [6, 6.07) is 21.0. The first-order valence-electron chi connectivity index (χ1n) is 8.52. The highest BCUT2D eigenvalue weighted by Crippen LogP contribution is 2.27. The molecule has 0 saturated heterocycles. The molecule has 4 rings (SSSR count). The summed E-state index contributed by atoms with van der Waals surface area (Å²) in [6.45, 7) is 1.88. The quantitative estimate of drug-likeness (QED) is 0.603. The van der Waals surface area contributed by atoms with Crippen molar-refractivity contribution < 1.29 is 4.79 Å². The van der Waals surface area contributed by atoms with Gasteiger partial charge in [-0.1, -0.05) is 48.5 Å². The molecule has 1 N–H and O–H groups in total. The number of carbonyl (C=O) groups is 1. The van der Waals surface area contributed by atoms with Crippen LogP contribution >= 0.6 is 0 Å². The third-order valence-electron chi connectivity index (χ3n) is 4.22. The van der Waals surface area contributed by atoms with E-state index in [4.69, 9.17) is 0 Å². The fraction of sp³-hybridized carbons (Fsp3) is 0.0476. The van der Waals surface area contributed by atoms with Crippen LogP contribution in [0.15, 0.2) is 79.1 Å². The number of rotatable bonds is 4. The lowest BCUT2D eigenvalue weighted by Crippen LogP contribution is -2.15. The summed E-state index contributed by atoms with van der Waals surface area (Å²) in [5.41, 5.74) is 2.96. The van der Waals surface area contributed by atoms with Crippen LogP contribution in [0.3, 0.4) is 0 Å². The Morgan fingerprint density at radius 1 is 0.926 bits per heavy atom. The number of nitrogens with zero attached hydrogens (tertiary/aromatic N) is 4. The Hall–Kier alpha value is -3.80. The van der Waals surface area contributed by atoms with Gasteiger partial charge in [0, 0.05) is 23.6 Å². The van der Waals surface area contributed by atoms with Crippen molar-refractivity contribution in [2.45, 2.75) is 6.92 Å². The number of aromatic nitrogens is 4. The normalized spacial score (nSPS) is 10.6. The smallest absolute Gasteiger partial charge is 0.276 e. The van der Waals surface area contributed by atoms with Crippen molar-refractivity contribution in [2.75, 3.05) is 5.32 Å². The summed E-state index contributed by atoms with van der Waals surface area (Å²) in [4.78, 5) is 16.8. The van der Waals surface area contributed by atoms with Crippen LogP contribution in [0.25, 0.3) is 16.9 Å². The second kappa shape index (κ2) is 7.21. The van der Waals surface area contributed by atoms with Crippen molar-refractivity contribution in [1.29, 1.82) is 0 Å². The van der Waals surface area contributed by atoms with Gasteiger partial charge in [0.2, 0.25) is 0 Å². The number of benzene rings is 2. The number of hydrogen-bond acceptors (Lipinski definition) is 4. The molecule has 6 heteroatoms. The molecule has 27 heavy (non-hydrogen) atoms. The highest BCUT2D eigenvalue weighted by atomic mass is 16.1. The second-order valence-corrected chi connectivity index (χ2v) is 5.99. The molecular weight excluding hydrogens is 338 g/mol. The summed E-state index contributed by atoms with van der Waals surface area (Å²) in [7, 11) is 0. The Labute approximate surface area is 156 Å². The lowest BCUT2D eigenvalue weighted by atomic mass is 10.0. The molecule has 0 spiro atoms.